The second-order valence-corrected chi connectivity index (χ2v) is 7.60. The van der Waals surface area contributed by atoms with Gasteiger partial charge in [-0.2, -0.15) is 4.39 Å². The smallest absolute Gasteiger partial charge is 0.258 e. The second-order valence-electron chi connectivity index (χ2n) is 5.29. The molecule has 0 saturated heterocycles. The maximum atomic E-state index is 14.2. The lowest BCUT2D eigenvalue weighted by atomic mass is 9.98. The number of hydrogen-bond donors (Lipinski definition) is 0. The quantitative estimate of drug-likeness (QED) is 0.565. The number of nitro benzene ring substituents is 1. The van der Waals surface area contributed by atoms with Crippen LogP contribution < -0.4 is 0 Å². The van der Waals surface area contributed by atoms with Crippen molar-refractivity contribution in [2.24, 2.45) is 0 Å². The van der Waals surface area contributed by atoms with Gasteiger partial charge in [-0.1, -0.05) is 26.8 Å². The van der Waals surface area contributed by atoms with Crippen molar-refractivity contribution in [3.05, 3.63) is 42.9 Å². The standard InChI is InChI=1S/C13H12BrFN2O2S/c1-13(2,3)12-16-10(11(14)20-12)7-5-4-6-8(9(7)15)17(18)19/h4-6H,1-3H3. The van der Waals surface area contributed by atoms with Gasteiger partial charge in [0, 0.05) is 17.0 Å². The molecule has 0 saturated carbocycles. The molecule has 1 aromatic carbocycles. The molecule has 2 rings (SSSR count). The molecule has 0 N–H and O–H groups in total. The van der Waals surface area contributed by atoms with E-state index in [1.54, 1.807) is 0 Å². The van der Waals surface area contributed by atoms with Gasteiger partial charge in [0.05, 0.1) is 19.4 Å². The van der Waals surface area contributed by atoms with Gasteiger partial charge < -0.3 is 0 Å². The van der Waals surface area contributed by atoms with Gasteiger partial charge in [0.25, 0.3) is 0 Å². The van der Waals surface area contributed by atoms with Crippen molar-refractivity contribution in [1.82, 2.24) is 4.98 Å². The zero-order valence-corrected chi connectivity index (χ0v) is 13.5. The van der Waals surface area contributed by atoms with Crippen LogP contribution in [0.25, 0.3) is 11.3 Å². The Morgan fingerprint density at radius 2 is 2.05 bits per heavy atom. The fourth-order valence-corrected chi connectivity index (χ4v) is 3.26. The summed E-state index contributed by atoms with van der Waals surface area (Å²) in [5.74, 6) is -0.857. The molecule has 20 heavy (non-hydrogen) atoms. The highest BCUT2D eigenvalue weighted by molar-refractivity contribution is 9.11. The van der Waals surface area contributed by atoms with E-state index in [1.807, 2.05) is 20.8 Å². The molecule has 0 aliphatic carbocycles. The Hall–Kier alpha value is -1.34. The van der Waals surface area contributed by atoms with Crippen molar-refractivity contribution < 1.29 is 9.31 Å². The zero-order valence-electron chi connectivity index (χ0n) is 11.1. The van der Waals surface area contributed by atoms with E-state index >= 15 is 0 Å². The van der Waals surface area contributed by atoms with Gasteiger partial charge in [-0.15, -0.1) is 11.3 Å². The highest BCUT2D eigenvalue weighted by Gasteiger charge is 2.25. The molecule has 7 heteroatoms. The van der Waals surface area contributed by atoms with E-state index < -0.39 is 16.4 Å². The lowest BCUT2D eigenvalue weighted by Crippen LogP contribution is -2.10. The molecule has 0 spiro atoms. The summed E-state index contributed by atoms with van der Waals surface area (Å²) in [4.78, 5) is 14.5. The van der Waals surface area contributed by atoms with Gasteiger partial charge >= 0.3 is 5.69 Å². The van der Waals surface area contributed by atoms with Gasteiger partial charge in [0.2, 0.25) is 5.82 Å². The maximum Gasteiger partial charge on any atom is 0.305 e. The third-order valence-corrected chi connectivity index (χ3v) is 4.79. The average Bonchev–Trinajstić information content (AvgIpc) is 2.71. The highest BCUT2D eigenvalue weighted by Crippen LogP contribution is 2.39. The second kappa shape index (κ2) is 5.21. The summed E-state index contributed by atoms with van der Waals surface area (Å²) in [6.07, 6.45) is 0. The highest BCUT2D eigenvalue weighted by atomic mass is 79.9. The molecule has 0 amide bonds. The molecule has 0 radical (unpaired) electrons. The van der Waals surface area contributed by atoms with Crippen LogP contribution in [0.2, 0.25) is 0 Å². The van der Waals surface area contributed by atoms with Crippen LogP contribution in [0, 0.1) is 15.9 Å². The van der Waals surface area contributed by atoms with Crippen LogP contribution in [0.15, 0.2) is 22.0 Å². The van der Waals surface area contributed by atoms with E-state index in [2.05, 4.69) is 20.9 Å². The lowest BCUT2D eigenvalue weighted by Gasteiger charge is -2.13. The number of benzene rings is 1. The topological polar surface area (TPSA) is 56.0 Å². The number of hydrogen-bond acceptors (Lipinski definition) is 4. The fourth-order valence-electron chi connectivity index (χ4n) is 1.63. The van der Waals surface area contributed by atoms with Crippen molar-refractivity contribution in [3.63, 3.8) is 0 Å². The van der Waals surface area contributed by atoms with Crippen LogP contribution in [-0.4, -0.2) is 9.91 Å². The molecule has 0 bridgehead atoms. The SMILES string of the molecule is CC(C)(C)c1nc(-c2cccc([N+](=O)[O-])c2F)c(Br)s1. The molecule has 0 aliphatic heterocycles. The molecule has 1 heterocycles. The van der Waals surface area contributed by atoms with E-state index in [1.165, 1.54) is 23.5 Å². The van der Waals surface area contributed by atoms with Gasteiger partial charge in [-0.3, -0.25) is 10.1 Å². The molecule has 0 fully saturated rings. The van der Waals surface area contributed by atoms with E-state index in [4.69, 9.17) is 0 Å². The Balaban J connectivity index is 2.61. The third-order valence-electron chi connectivity index (χ3n) is 2.66. The molecule has 4 nitrogen and oxygen atoms in total. The molecule has 0 aliphatic rings. The van der Waals surface area contributed by atoms with Crippen molar-refractivity contribution in [1.29, 1.82) is 0 Å². The first-order valence-electron chi connectivity index (χ1n) is 5.82. The Kier molecular flexibility index (Phi) is 3.93. The van der Waals surface area contributed by atoms with Crippen LogP contribution in [0.4, 0.5) is 10.1 Å². The minimum Gasteiger partial charge on any atom is -0.258 e. The largest absolute Gasteiger partial charge is 0.305 e. The summed E-state index contributed by atoms with van der Waals surface area (Å²) >= 11 is 4.77. The van der Waals surface area contributed by atoms with Crippen molar-refractivity contribution in [2.45, 2.75) is 26.2 Å². The van der Waals surface area contributed by atoms with E-state index in [-0.39, 0.29) is 11.0 Å². The van der Waals surface area contributed by atoms with Gasteiger partial charge in [-0.05, 0) is 22.0 Å². The number of nitro groups is 1. The predicted molar refractivity (Wildman–Crippen MR) is 80.6 cm³/mol. The maximum absolute atomic E-state index is 14.2. The monoisotopic (exact) mass is 358 g/mol. The number of thiazole rings is 1. The normalized spacial score (nSPS) is 11.7. The van der Waals surface area contributed by atoms with Gasteiger partial charge in [0.15, 0.2) is 0 Å². The Morgan fingerprint density at radius 3 is 2.55 bits per heavy atom. The lowest BCUT2D eigenvalue weighted by molar-refractivity contribution is -0.387. The van der Waals surface area contributed by atoms with E-state index in [9.17, 15) is 14.5 Å². The van der Waals surface area contributed by atoms with Crippen molar-refractivity contribution in [2.75, 3.05) is 0 Å². The van der Waals surface area contributed by atoms with Crippen molar-refractivity contribution in [3.8, 4) is 11.3 Å². The van der Waals surface area contributed by atoms with Crippen LogP contribution in [-0.2, 0) is 5.41 Å². The Labute approximate surface area is 127 Å². The number of rotatable bonds is 2. The zero-order chi connectivity index (χ0) is 15.1. The van der Waals surface area contributed by atoms with Crippen LogP contribution >= 0.6 is 27.3 Å². The average molecular weight is 359 g/mol. The number of halogens is 2. The number of aromatic nitrogens is 1. The van der Waals surface area contributed by atoms with Gasteiger partial charge in [0.1, 0.15) is 0 Å². The van der Waals surface area contributed by atoms with Crippen molar-refractivity contribution >= 4 is 33.0 Å². The van der Waals surface area contributed by atoms with Crippen LogP contribution in [0.1, 0.15) is 25.8 Å². The Bertz CT molecular complexity index is 679. The van der Waals surface area contributed by atoms with Crippen LogP contribution in [0.3, 0.4) is 0 Å². The molecule has 106 valence electrons. The predicted octanol–water partition coefficient (Wildman–Crippen LogP) is 4.92. The number of nitrogens with zero attached hydrogens (tertiary/aromatic N) is 2. The third kappa shape index (κ3) is 2.73. The van der Waals surface area contributed by atoms with Gasteiger partial charge in [-0.25, -0.2) is 4.98 Å². The summed E-state index contributed by atoms with van der Waals surface area (Å²) in [6, 6.07) is 4.09. The summed E-state index contributed by atoms with van der Waals surface area (Å²) in [6.45, 7) is 6.02. The van der Waals surface area contributed by atoms with Crippen LogP contribution in [0.5, 0.6) is 0 Å². The minimum absolute atomic E-state index is 0.137. The summed E-state index contributed by atoms with van der Waals surface area (Å²) < 4.78 is 14.9. The minimum atomic E-state index is -0.857. The Morgan fingerprint density at radius 1 is 1.40 bits per heavy atom. The molecule has 0 atom stereocenters. The molecule has 0 unspecified atom stereocenters. The summed E-state index contributed by atoms with van der Waals surface area (Å²) in [7, 11) is 0. The molecular formula is C13H12BrFN2O2S. The van der Waals surface area contributed by atoms with E-state index in [0.717, 1.165) is 11.1 Å². The summed E-state index contributed by atoms with van der Waals surface area (Å²) in [5.41, 5.74) is -0.165. The first-order valence-corrected chi connectivity index (χ1v) is 7.43. The fraction of sp³-hybridized carbons (Fsp3) is 0.308. The molecule has 2 aromatic rings. The summed E-state index contributed by atoms with van der Waals surface area (Å²) in [5, 5.41) is 11.6. The first kappa shape index (κ1) is 15.1. The molecule has 1 aromatic heterocycles. The molecular weight excluding hydrogens is 347 g/mol. The first-order chi connectivity index (χ1) is 9.21. The van der Waals surface area contributed by atoms with E-state index in [0.29, 0.717) is 9.48 Å².